The average molecular weight is 629 g/mol. The largest absolute Gasteiger partial charge is 0.0996 e. The summed E-state index contributed by atoms with van der Waals surface area (Å²) in [6, 6.07) is 11.9. The van der Waals surface area contributed by atoms with Crippen LogP contribution in [0.15, 0.2) is 84.5 Å². The third-order valence-corrected chi connectivity index (χ3v) is 12.1. The number of rotatable bonds is 11. The summed E-state index contributed by atoms with van der Waals surface area (Å²) in [5.41, 5.74) is 16.1. The van der Waals surface area contributed by atoms with Crippen molar-refractivity contribution >= 4 is 6.08 Å². The Kier molecular flexibility index (Phi) is 11.1. The minimum absolute atomic E-state index is 0.280. The molecule has 1 fully saturated rings. The Bertz CT molecular complexity index is 1540. The summed E-state index contributed by atoms with van der Waals surface area (Å²) in [7, 11) is 0. The van der Waals surface area contributed by atoms with E-state index in [4.69, 9.17) is 0 Å². The molecule has 0 bridgehead atoms. The Labute approximate surface area is 289 Å². The second kappa shape index (κ2) is 14.7. The van der Waals surface area contributed by atoms with Crippen LogP contribution in [0.5, 0.6) is 0 Å². The zero-order valence-electron chi connectivity index (χ0n) is 31.3. The molecule has 0 radical (unpaired) electrons. The SMILES string of the molecule is C=C(CC1CC[C@@H](Cc2c(C)cc(C)cc2-c2cccc3c2CC(CC2C(=C)C=CC(CC(C)(C)C)C2=C)=C3)[C@@H](C)C1)C(CC)CC. The Morgan fingerprint density at radius 1 is 0.979 bits per heavy atom. The van der Waals surface area contributed by atoms with Crippen LogP contribution in [0.3, 0.4) is 0 Å². The van der Waals surface area contributed by atoms with Gasteiger partial charge in [0, 0.05) is 5.92 Å². The first kappa shape index (κ1) is 35.4. The van der Waals surface area contributed by atoms with Gasteiger partial charge in [-0.15, -0.1) is 0 Å². The van der Waals surface area contributed by atoms with Crippen LogP contribution in [-0.4, -0.2) is 0 Å². The maximum Gasteiger partial charge on any atom is 0.00827 e. The highest BCUT2D eigenvalue weighted by molar-refractivity contribution is 5.80. The first-order chi connectivity index (χ1) is 22.3. The summed E-state index contributed by atoms with van der Waals surface area (Å²) in [5.74, 6) is 3.77. The lowest BCUT2D eigenvalue weighted by Crippen LogP contribution is -2.25. The lowest BCUT2D eigenvalue weighted by atomic mass is 9.69. The minimum atomic E-state index is 0.280. The second-order valence-corrected chi connectivity index (χ2v) is 17.1. The van der Waals surface area contributed by atoms with Gasteiger partial charge in [0.15, 0.2) is 0 Å². The van der Waals surface area contributed by atoms with Crippen LogP contribution in [0, 0.1) is 54.8 Å². The summed E-state index contributed by atoms with van der Waals surface area (Å²) in [6.45, 7) is 32.5. The number of fused-ring (bicyclic) bond motifs is 1. The van der Waals surface area contributed by atoms with Gasteiger partial charge in [-0.25, -0.2) is 0 Å². The van der Waals surface area contributed by atoms with Crippen molar-refractivity contribution in [1.29, 1.82) is 0 Å². The van der Waals surface area contributed by atoms with Gasteiger partial charge in [0.1, 0.15) is 0 Å². The molecule has 0 aromatic heterocycles. The van der Waals surface area contributed by atoms with E-state index in [9.17, 15) is 0 Å². The molecule has 2 aromatic carbocycles. The van der Waals surface area contributed by atoms with Crippen LogP contribution in [0.2, 0.25) is 0 Å². The molecule has 0 amide bonds. The van der Waals surface area contributed by atoms with Crippen LogP contribution in [-0.2, 0) is 12.8 Å². The van der Waals surface area contributed by atoms with Crippen LogP contribution in [0.4, 0.5) is 0 Å². The molecule has 0 saturated heterocycles. The standard InChI is InChI=1S/C47H64/c1-12-38(13-2)32(5)23-36-18-20-39(33(6)24-36)28-44-34(7)21-30(3)22-46(44)42-16-14-15-40-25-37(27-45(40)42)26-43-31(4)17-19-41(35(43)8)29-47(9,10)11/h14-17,19,21-22,25,33,36,38-39,41,43H,4-5,8,12-13,18,20,23-24,26-29H2,1-3,6-7,9-11H3/t33-,36?,39-,41?,43?/m0/s1. The van der Waals surface area contributed by atoms with Crippen molar-refractivity contribution in [1.82, 2.24) is 0 Å². The number of allylic oxidation sites excluding steroid dienone is 6. The van der Waals surface area contributed by atoms with Crippen molar-refractivity contribution in [3.8, 4) is 11.1 Å². The first-order valence-corrected chi connectivity index (χ1v) is 18.9. The van der Waals surface area contributed by atoms with Gasteiger partial charge in [-0.1, -0.05) is 132 Å². The molecule has 3 aliphatic rings. The fraction of sp³-hybridized carbons (Fsp3) is 0.532. The predicted molar refractivity (Wildman–Crippen MR) is 208 cm³/mol. The molecule has 0 nitrogen and oxygen atoms in total. The van der Waals surface area contributed by atoms with Crippen LogP contribution in [0.25, 0.3) is 17.2 Å². The Morgan fingerprint density at radius 3 is 2.40 bits per heavy atom. The van der Waals surface area contributed by atoms with E-state index in [2.05, 4.69) is 124 Å². The zero-order chi connectivity index (χ0) is 34.0. The third kappa shape index (κ3) is 8.24. The molecule has 3 unspecified atom stereocenters. The van der Waals surface area contributed by atoms with Gasteiger partial charge in [-0.3, -0.25) is 0 Å². The summed E-state index contributed by atoms with van der Waals surface area (Å²) in [4.78, 5) is 0. The number of hydrogen-bond donors (Lipinski definition) is 0. The molecule has 5 rings (SSSR count). The highest BCUT2D eigenvalue weighted by Crippen LogP contribution is 2.45. The summed E-state index contributed by atoms with van der Waals surface area (Å²) >= 11 is 0. The van der Waals surface area contributed by atoms with Gasteiger partial charge >= 0.3 is 0 Å². The summed E-state index contributed by atoms with van der Waals surface area (Å²) in [5, 5.41) is 0. The van der Waals surface area contributed by atoms with Crippen molar-refractivity contribution < 1.29 is 0 Å². The van der Waals surface area contributed by atoms with Gasteiger partial charge in [0.25, 0.3) is 0 Å². The maximum absolute atomic E-state index is 4.65. The summed E-state index contributed by atoms with van der Waals surface area (Å²) < 4.78 is 0. The van der Waals surface area contributed by atoms with Crippen molar-refractivity contribution in [2.45, 2.75) is 120 Å². The molecular formula is C47H64. The highest BCUT2D eigenvalue weighted by Gasteiger charge is 2.32. The van der Waals surface area contributed by atoms with E-state index in [1.807, 2.05) is 0 Å². The molecule has 1 saturated carbocycles. The lowest BCUT2D eigenvalue weighted by molar-refractivity contribution is 0.189. The van der Waals surface area contributed by atoms with E-state index in [1.165, 1.54) is 101 Å². The van der Waals surface area contributed by atoms with Crippen molar-refractivity contribution in [2.24, 2.45) is 40.9 Å². The topological polar surface area (TPSA) is 0 Å². The fourth-order valence-corrected chi connectivity index (χ4v) is 9.41. The van der Waals surface area contributed by atoms with Gasteiger partial charge in [0.2, 0.25) is 0 Å². The van der Waals surface area contributed by atoms with E-state index in [0.717, 1.165) is 37.0 Å². The molecule has 0 aliphatic heterocycles. The molecule has 0 N–H and O–H groups in total. The van der Waals surface area contributed by atoms with Crippen molar-refractivity contribution in [2.75, 3.05) is 0 Å². The monoisotopic (exact) mass is 629 g/mol. The minimum Gasteiger partial charge on any atom is -0.0996 e. The Hall–Kier alpha value is -2.86. The number of hydrogen-bond acceptors (Lipinski definition) is 0. The van der Waals surface area contributed by atoms with E-state index in [0.29, 0.717) is 17.8 Å². The maximum atomic E-state index is 4.65. The highest BCUT2D eigenvalue weighted by atomic mass is 14.4. The molecule has 0 spiro atoms. The van der Waals surface area contributed by atoms with Gasteiger partial charge in [-0.05, 0) is 152 Å². The zero-order valence-corrected chi connectivity index (χ0v) is 31.3. The van der Waals surface area contributed by atoms with Crippen molar-refractivity contribution in [3.63, 3.8) is 0 Å². The van der Waals surface area contributed by atoms with E-state index < -0.39 is 0 Å². The Balaban J connectivity index is 1.33. The van der Waals surface area contributed by atoms with Crippen LogP contribution < -0.4 is 0 Å². The van der Waals surface area contributed by atoms with Crippen LogP contribution in [0.1, 0.15) is 121 Å². The van der Waals surface area contributed by atoms with E-state index in [1.54, 1.807) is 5.56 Å². The molecule has 0 heterocycles. The molecule has 2 aromatic rings. The van der Waals surface area contributed by atoms with Gasteiger partial charge in [0.05, 0.1) is 0 Å². The quantitative estimate of drug-likeness (QED) is 0.217. The molecular weight excluding hydrogens is 565 g/mol. The Morgan fingerprint density at radius 2 is 1.72 bits per heavy atom. The first-order valence-electron chi connectivity index (χ1n) is 18.9. The average Bonchev–Trinajstić information content (AvgIpc) is 3.42. The molecule has 47 heavy (non-hydrogen) atoms. The smallest absolute Gasteiger partial charge is 0.00827 e. The molecule has 5 atom stereocenters. The second-order valence-electron chi connectivity index (χ2n) is 17.1. The molecule has 252 valence electrons. The molecule has 3 aliphatic carbocycles. The molecule has 0 heteroatoms. The summed E-state index contributed by atoms with van der Waals surface area (Å²) in [6.07, 6.45) is 19.2. The predicted octanol–water partition coefficient (Wildman–Crippen LogP) is 13.6. The number of aryl methyl sites for hydroxylation is 2. The van der Waals surface area contributed by atoms with Gasteiger partial charge in [-0.2, -0.15) is 0 Å². The third-order valence-electron chi connectivity index (χ3n) is 12.1. The van der Waals surface area contributed by atoms with E-state index in [-0.39, 0.29) is 5.41 Å². The van der Waals surface area contributed by atoms with Gasteiger partial charge < -0.3 is 0 Å². The fourth-order valence-electron chi connectivity index (χ4n) is 9.41. The normalized spacial score (nSPS) is 24.5. The lowest BCUT2D eigenvalue weighted by Gasteiger charge is -2.36. The number of benzene rings is 2. The van der Waals surface area contributed by atoms with Crippen LogP contribution >= 0.6 is 0 Å². The van der Waals surface area contributed by atoms with Crippen molar-refractivity contribution in [3.05, 3.63) is 112 Å². The van der Waals surface area contributed by atoms with E-state index >= 15 is 0 Å².